The van der Waals surface area contributed by atoms with Crippen LogP contribution in [0.3, 0.4) is 0 Å². The minimum Gasteiger partial charge on any atom is -0.432 e. The van der Waals surface area contributed by atoms with Gasteiger partial charge in [-0.3, -0.25) is 15.1 Å². The van der Waals surface area contributed by atoms with Gasteiger partial charge in [-0.15, -0.1) is 0 Å². The lowest BCUT2D eigenvalue weighted by Gasteiger charge is -2.08. The normalized spacial score (nSPS) is 10.2. The van der Waals surface area contributed by atoms with Crippen LogP contribution in [0, 0.1) is 13.8 Å². The molecule has 0 fully saturated rings. The molecule has 0 spiro atoms. The van der Waals surface area contributed by atoms with E-state index in [1.165, 1.54) is 12.5 Å². The lowest BCUT2D eigenvalue weighted by atomic mass is 10.2. The van der Waals surface area contributed by atoms with Crippen LogP contribution in [0.2, 0.25) is 0 Å². The Morgan fingerprint density at radius 3 is 2.72 bits per heavy atom. The van der Waals surface area contributed by atoms with Crippen LogP contribution in [-0.4, -0.2) is 22.9 Å². The number of amides is 1. The Labute approximate surface area is 104 Å². The summed E-state index contributed by atoms with van der Waals surface area (Å²) in [5.41, 5.74) is 2.70. The van der Waals surface area contributed by atoms with E-state index in [2.05, 4.69) is 20.6 Å². The van der Waals surface area contributed by atoms with E-state index in [0.717, 1.165) is 5.69 Å². The number of anilines is 2. The van der Waals surface area contributed by atoms with Crippen LogP contribution in [0.4, 0.5) is 11.7 Å². The molecule has 0 aliphatic heterocycles. The Kier molecular flexibility index (Phi) is 3.27. The van der Waals surface area contributed by atoms with Gasteiger partial charge < -0.3 is 9.73 Å². The molecular formula is C12H14N4O2. The van der Waals surface area contributed by atoms with Crippen molar-refractivity contribution in [3.63, 3.8) is 0 Å². The van der Waals surface area contributed by atoms with Crippen LogP contribution in [-0.2, 0) is 0 Å². The highest BCUT2D eigenvalue weighted by atomic mass is 16.4. The van der Waals surface area contributed by atoms with E-state index in [4.69, 9.17) is 4.42 Å². The predicted molar refractivity (Wildman–Crippen MR) is 67.7 cm³/mol. The zero-order valence-electron chi connectivity index (χ0n) is 10.4. The molecule has 0 aliphatic carbocycles. The van der Waals surface area contributed by atoms with E-state index in [1.807, 2.05) is 6.92 Å². The van der Waals surface area contributed by atoms with Crippen LogP contribution in [0.15, 0.2) is 22.9 Å². The summed E-state index contributed by atoms with van der Waals surface area (Å²) in [5, 5.41) is 5.53. The first-order valence-corrected chi connectivity index (χ1v) is 5.48. The van der Waals surface area contributed by atoms with Gasteiger partial charge in [0.1, 0.15) is 6.26 Å². The maximum absolute atomic E-state index is 12.0. The molecule has 0 radical (unpaired) electrons. The standard InChI is InChI=1S/C12H14N4O2/c1-7-4-10(13-3)9(5-14-7)11(17)16-12-15-8(2)6-18-12/h4-6H,1-3H3,(H,13,14)(H,15,16,17). The molecule has 2 N–H and O–H groups in total. The van der Waals surface area contributed by atoms with Crippen molar-refractivity contribution in [3.8, 4) is 0 Å². The van der Waals surface area contributed by atoms with Crippen molar-refractivity contribution in [2.24, 2.45) is 0 Å². The summed E-state index contributed by atoms with van der Waals surface area (Å²) in [6, 6.07) is 1.98. The highest BCUT2D eigenvalue weighted by molar-refractivity contribution is 6.06. The summed E-state index contributed by atoms with van der Waals surface area (Å²) in [6.45, 7) is 3.64. The van der Waals surface area contributed by atoms with Gasteiger partial charge in [0.25, 0.3) is 5.91 Å². The van der Waals surface area contributed by atoms with Crippen LogP contribution in [0.5, 0.6) is 0 Å². The second kappa shape index (κ2) is 4.87. The number of aromatic nitrogens is 2. The van der Waals surface area contributed by atoms with E-state index in [-0.39, 0.29) is 11.9 Å². The number of aryl methyl sites for hydroxylation is 2. The Bertz CT molecular complexity index is 577. The number of carbonyl (C=O) groups excluding carboxylic acids is 1. The van der Waals surface area contributed by atoms with Gasteiger partial charge >= 0.3 is 6.01 Å². The highest BCUT2D eigenvalue weighted by Crippen LogP contribution is 2.17. The maximum atomic E-state index is 12.0. The van der Waals surface area contributed by atoms with Crippen molar-refractivity contribution in [2.75, 3.05) is 17.7 Å². The molecule has 0 aliphatic rings. The molecule has 0 unspecified atom stereocenters. The third kappa shape index (κ3) is 2.48. The number of nitrogens with zero attached hydrogens (tertiary/aromatic N) is 2. The van der Waals surface area contributed by atoms with Gasteiger partial charge in [-0.1, -0.05) is 0 Å². The Morgan fingerprint density at radius 2 is 2.11 bits per heavy atom. The van der Waals surface area contributed by atoms with Gasteiger partial charge in [-0.25, -0.2) is 0 Å². The number of nitrogens with one attached hydrogen (secondary N) is 2. The molecule has 2 rings (SSSR count). The third-order valence-electron chi connectivity index (χ3n) is 2.39. The number of pyridine rings is 1. The molecule has 0 saturated heterocycles. The second-order valence-corrected chi connectivity index (χ2v) is 3.87. The van der Waals surface area contributed by atoms with Crippen molar-refractivity contribution < 1.29 is 9.21 Å². The van der Waals surface area contributed by atoms with Gasteiger partial charge in [0.05, 0.1) is 16.9 Å². The number of carbonyl (C=O) groups is 1. The number of hydrogen-bond acceptors (Lipinski definition) is 5. The molecule has 0 saturated carbocycles. The fourth-order valence-electron chi connectivity index (χ4n) is 1.52. The fraction of sp³-hybridized carbons (Fsp3) is 0.250. The molecular weight excluding hydrogens is 232 g/mol. The average molecular weight is 246 g/mol. The lowest BCUT2D eigenvalue weighted by Crippen LogP contribution is -2.15. The van der Waals surface area contributed by atoms with Crippen LogP contribution in [0.25, 0.3) is 0 Å². The van der Waals surface area contributed by atoms with Crippen molar-refractivity contribution in [3.05, 3.63) is 35.5 Å². The van der Waals surface area contributed by atoms with Gasteiger partial charge in [0.15, 0.2) is 0 Å². The quantitative estimate of drug-likeness (QED) is 0.865. The van der Waals surface area contributed by atoms with Gasteiger partial charge in [0, 0.05) is 18.9 Å². The SMILES string of the molecule is CNc1cc(C)ncc1C(=O)Nc1nc(C)co1. The molecule has 0 bridgehead atoms. The largest absolute Gasteiger partial charge is 0.432 e. The molecule has 6 heteroatoms. The monoisotopic (exact) mass is 246 g/mol. The van der Waals surface area contributed by atoms with E-state index in [1.54, 1.807) is 20.0 Å². The molecule has 2 heterocycles. The van der Waals surface area contributed by atoms with Crippen molar-refractivity contribution in [2.45, 2.75) is 13.8 Å². The first-order valence-electron chi connectivity index (χ1n) is 5.48. The van der Waals surface area contributed by atoms with Crippen molar-refractivity contribution in [1.82, 2.24) is 9.97 Å². The summed E-state index contributed by atoms with van der Waals surface area (Å²) < 4.78 is 5.07. The summed E-state index contributed by atoms with van der Waals surface area (Å²) >= 11 is 0. The van der Waals surface area contributed by atoms with E-state index in [9.17, 15) is 4.79 Å². The fourth-order valence-corrected chi connectivity index (χ4v) is 1.52. The minimum atomic E-state index is -0.311. The summed E-state index contributed by atoms with van der Waals surface area (Å²) in [6.07, 6.45) is 2.99. The van der Waals surface area contributed by atoms with Gasteiger partial charge in [-0.2, -0.15) is 4.98 Å². The van der Waals surface area contributed by atoms with Crippen molar-refractivity contribution >= 4 is 17.6 Å². The van der Waals surface area contributed by atoms with E-state index in [0.29, 0.717) is 16.9 Å². The molecule has 0 aromatic carbocycles. The first kappa shape index (κ1) is 12.1. The second-order valence-electron chi connectivity index (χ2n) is 3.87. The molecule has 18 heavy (non-hydrogen) atoms. The topological polar surface area (TPSA) is 80.0 Å². The Hall–Kier alpha value is -2.37. The predicted octanol–water partition coefficient (Wildman–Crippen LogP) is 1.98. The zero-order valence-corrected chi connectivity index (χ0v) is 10.4. The summed E-state index contributed by atoms with van der Waals surface area (Å²) in [7, 11) is 1.75. The van der Waals surface area contributed by atoms with Gasteiger partial charge in [0.2, 0.25) is 0 Å². The maximum Gasteiger partial charge on any atom is 0.301 e. The molecule has 94 valence electrons. The third-order valence-corrected chi connectivity index (χ3v) is 2.39. The van der Waals surface area contributed by atoms with Crippen LogP contribution in [0.1, 0.15) is 21.7 Å². The van der Waals surface area contributed by atoms with Crippen LogP contribution >= 0.6 is 0 Å². The number of rotatable bonds is 3. The van der Waals surface area contributed by atoms with Gasteiger partial charge in [-0.05, 0) is 19.9 Å². The zero-order chi connectivity index (χ0) is 13.1. The Morgan fingerprint density at radius 1 is 1.33 bits per heavy atom. The highest BCUT2D eigenvalue weighted by Gasteiger charge is 2.14. The van der Waals surface area contributed by atoms with Crippen molar-refractivity contribution in [1.29, 1.82) is 0 Å². The lowest BCUT2D eigenvalue weighted by molar-refractivity contribution is 0.102. The average Bonchev–Trinajstić information content (AvgIpc) is 2.74. The molecule has 2 aromatic rings. The smallest absolute Gasteiger partial charge is 0.301 e. The molecule has 2 aromatic heterocycles. The molecule has 1 amide bonds. The van der Waals surface area contributed by atoms with Crippen LogP contribution < -0.4 is 10.6 Å². The summed E-state index contributed by atoms with van der Waals surface area (Å²) in [5.74, 6) is -0.311. The van der Waals surface area contributed by atoms with E-state index >= 15 is 0 Å². The molecule has 6 nitrogen and oxygen atoms in total. The number of hydrogen-bond donors (Lipinski definition) is 2. The Balaban J connectivity index is 2.23. The summed E-state index contributed by atoms with van der Waals surface area (Å²) in [4.78, 5) is 20.1. The first-order chi connectivity index (χ1) is 8.60. The minimum absolute atomic E-state index is 0.181. The molecule has 0 atom stereocenters. The van der Waals surface area contributed by atoms with E-state index < -0.39 is 0 Å². The number of oxazole rings is 1.